The molecule has 1 saturated heterocycles. The summed E-state index contributed by atoms with van der Waals surface area (Å²) < 4.78 is 5.81. The number of para-hydroxylation sites is 2. The van der Waals surface area contributed by atoms with Crippen LogP contribution in [0.3, 0.4) is 0 Å². The Labute approximate surface area is 125 Å². The molecule has 1 unspecified atom stereocenters. The Balaban J connectivity index is 2.00. The Hall–Kier alpha value is -2.55. The lowest BCUT2D eigenvalue weighted by molar-refractivity contribution is 0.256. The summed E-state index contributed by atoms with van der Waals surface area (Å²) in [6, 6.07) is 20.9. The maximum absolute atomic E-state index is 5.81. The number of ether oxygens (including phenoxy) is 1. The second-order valence-corrected chi connectivity index (χ2v) is 4.88. The van der Waals surface area contributed by atoms with Crippen LogP contribution in [-0.4, -0.2) is 18.7 Å². The first kappa shape index (κ1) is 13.4. The molecule has 2 aromatic carbocycles. The minimum atomic E-state index is 0.198. The van der Waals surface area contributed by atoms with Gasteiger partial charge in [-0.1, -0.05) is 42.5 Å². The van der Waals surface area contributed by atoms with E-state index in [4.69, 9.17) is 4.74 Å². The van der Waals surface area contributed by atoms with Gasteiger partial charge in [-0.2, -0.15) is 4.99 Å². The summed E-state index contributed by atoms with van der Waals surface area (Å²) in [4.78, 5) is 6.75. The summed E-state index contributed by atoms with van der Waals surface area (Å²) in [6.07, 6.45) is 2.86. The highest BCUT2D eigenvalue weighted by Crippen LogP contribution is 2.25. The Kier molecular flexibility index (Phi) is 4.01. The minimum Gasteiger partial charge on any atom is -0.465 e. The molecular formula is C18H18N2O. The van der Waals surface area contributed by atoms with Gasteiger partial charge in [0.15, 0.2) is 0 Å². The van der Waals surface area contributed by atoms with Crippen molar-refractivity contribution >= 4 is 17.4 Å². The maximum Gasteiger partial charge on any atom is 0.297 e. The van der Waals surface area contributed by atoms with Crippen LogP contribution in [0.5, 0.6) is 0 Å². The molecule has 3 nitrogen and oxygen atoms in total. The quantitative estimate of drug-likeness (QED) is 0.788. The summed E-state index contributed by atoms with van der Waals surface area (Å²) in [6.45, 7) is 4.61. The lowest BCUT2D eigenvalue weighted by atomic mass is 10.1. The van der Waals surface area contributed by atoms with Gasteiger partial charge in [0.1, 0.15) is 0 Å². The lowest BCUT2D eigenvalue weighted by Gasteiger charge is -2.36. The third-order valence-corrected chi connectivity index (χ3v) is 3.47. The zero-order chi connectivity index (χ0) is 14.5. The van der Waals surface area contributed by atoms with E-state index in [2.05, 4.69) is 28.6 Å². The van der Waals surface area contributed by atoms with E-state index in [1.54, 1.807) is 0 Å². The van der Waals surface area contributed by atoms with Crippen molar-refractivity contribution in [3.05, 3.63) is 73.3 Å². The van der Waals surface area contributed by atoms with Crippen molar-refractivity contribution in [1.82, 2.24) is 0 Å². The third kappa shape index (κ3) is 2.97. The summed E-state index contributed by atoms with van der Waals surface area (Å²) in [7, 11) is 0. The van der Waals surface area contributed by atoms with E-state index in [1.807, 2.05) is 54.6 Å². The first-order valence-corrected chi connectivity index (χ1v) is 7.12. The van der Waals surface area contributed by atoms with E-state index in [-0.39, 0.29) is 6.04 Å². The SMILES string of the molecule is C=CC1CCOC(=Nc2ccccc2)N1c1ccccc1. The van der Waals surface area contributed by atoms with Crippen LogP contribution < -0.4 is 4.90 Å². The van der Waals surface area contributed by atoms with Gasteiger partial charge in [-0.15, -0.1) is 6.58 Å². The van der Waals surface area contributed by atoms with Crippen molar-refractivity contribution in [3.63, 3.8) is 0 Å². The topological polar surface area (TPSA) is 24.8 Å². The van der Waals surface area contributed by atoms with Crippen molar-refractivity contribution in [3.8, 4) is 0 Å². The first-order chi connectivity index (χ1) is 10.4. The van der Waals surface area contributed by atoms with Crippen molar-refractivity contribution in [1.29, 1.82) is 0 Å². The molecule has 1 aliphatic rings. The molecule has 2 aromatic rings. The van der Waals surface area contributed by atoms with E-state index in [1.165, 1.54) is 0 Å². The highest BCUT2D eigenvalue weighted by molar-refractivity contribution is 5.94. The van der Waals surface area contributed by atoms with E-state index in [0.717, 1.165) is 17.8 Å². The largest absolute Gasteiger partial charge is 0.465 e. The van der Waals surface area contributed by atoms with Gasteiger partial charge in [-0.3, -0.25) is 4.90 Å². The number of nitrogens with zero attached hydrogens (tertiary/aromatic N) is 2. The number of benzene rings is 2. The Morgan fingerprint density at radius 3 is 2.38 bits per heavy atom. The molecule has 0 radical (unpaired) electrons. The number of rotatable bonds is 3. The fourth-order valence-corrected chi connectivity index (χ4v) is 2.42. The molecule has 1 aliphatic heterocycles. The van der Waals surface area contributed by atoms with Gasteiger partial charge >= 0.3 is 0 Å². The molecule has 0 amide bonds. The first-order valence-electron chi connectivity index (χ1n) is 7.12. The van der Waals surface area contributed by atoms with Gasteiger partial charge < -0.3 is 4.74 Å². The number of aliphatic imine (C=N–C) groups is 1. The third-order valence-electron chi connectivity index (χ3n) is 3.47. The highest BCUT2D eigenvalue weighted by atomic mass is 16.5. The molecule has 3 heteroatoms. The molecule has 1 fully saturated rings. The van der Waals surface area contributed by atoms with Crippen LogP contribution in [0.25, 0.3) is 0 Å². The van der Waals surface area contributed by atoms with Crippen molar-refractivity contribution in [2.75, 3.05) is 11.5 Å². The zero-order valence-corrected chi connectivity index (χ0v) is 11.9. The number of anilines is 1. The van der Waals surface area contributed by atoms with Crippen molar-refractivity contribution in [2.24, 2.45) is 4.99 Å². The molecule has 0 aromatic heterocycles. The predicted octanol–water partition coefficient (Wildman–Crippen LogP) is 4.16. The molecule has 1 heterocycles. The Bertz CT molecular complexity index is 622. The van der Waals surface area contributed by atoms with Crippen LogP contribution >= 0.6 is 0 Å². The average Bonchev–Trinajstić information content (AvgIpc) is 2.56. The van der Waals surface area contributed by atoms with Crippen LogP contribution in [0.1, 0.15) is 6.42 Å². The van der Waals surface area contributed by atoms with Gasteiger partial charge in [0.05, 0.1) is 18.3 Å². The van der Waals surface area contributed by atoms with Crippen molar-refractivity contribution in [2.45, 2.75) is 12.5 Å². The van der Waals surface area contributed by atoms with Crippen LogP contribution in [0, 0.1) is 0 Å². The van der Waals surface area contributed by atoms with E-state index >= 15 is 0 Å². The molecule has 0 bridgehead atoms. The lowest BCUT2D eigenvalue weighted by Crippen LogP contribution is -2.45. The van der Waals surface area contributed by atoms with Gasteiger partial charge in [0.2, 0.25) is 0 Å². The molecule has 0 aliphatic carbocycles. The molecule has 21 heavy (non-hydrogen) atoms. The molecular weight excluding hydrogens is 260 g/mol. The average molecular weight is 278 g/mol. The van der Waals surface area contributed by atoms with E-state index in [0.29, 0.717) is 12.6 Å². The summed E-state index contributed by atoms with van der Waals surface area (Å²) in [5, 5.41) is 0. The molecule has 1 atom stereocenters. The number of hydrogen-bond donors (Lipinski definition) is 0. The van der Waals surface area contributed by atoms with Gasteiger partial charge in [0, 0.05) is 12.1 Å². The molecule has 106 valence electrons. The Morgan fingerprint density at radius 2 is 1.71 bits per heavy atom. The molecule has 3 rings (SSSR count). The number of hydrogen-bond acceptors (Lipinski definition) is 2. The van der Waals surface area contributed by atoms with Crippen LogP contribution in [0.4, 0.5) is 11.4 Å². The van der Waals surface area contributed by atoms with Crippen LogP contribution in [0.2, 0.25) is 0 Å². The summed E-state index contributed by atoms with van der Waals surface area (Å²) >= 11 is 0. The molecule has 0 spiro atoms. The second kappa shape index (κ2) is 6.27. The van der Waals surface area contributed by atoms with Crippen molar-refractivity contribution < 1.29 is 4.74 Å². The van der Waals surface area contributed by atoms with Crippen LogP contribution in [0.15, 0.2) is 78.3 Å². The molecule has 0 saturated carbocycles. The van der Waals surface area contributed by atoms with E-state index in [9.17, 15) is 0 Å². The second-order valence-electron chi connectivity index (χ2n) is 4.88. The molecule has 0 N–H and O–H groups in total. The fraction of sp³-hybridized carbons (Fsp3) is 0.167. The highest BCUT2D eigenvalue weighted by Gasteiger charge is 2.27. The maximum atomic E-state index is 5.81. The predicted molar refractivity (Wildman–Crippen MR) is 87.0 cm³/mol. The van der Waals surface area contributed by atoms with Gasteiger partial charge in [0.25, 0.3) is 6.02 Å². The Morgan fingerprint density at radius 1 is 1.05 bits per heavy atom. The monoisotopic (exact) mass is 278 g/mol. The fourth-order valence-electron chi connectivity index (χ4n) is 2.42. The van der Waals surface area contributed by atoms with Gasteiger partial charge in [-0.05, 0) is 24.3 Å². The normalized spacial score (nSPS) is 20.1. The van der Waals surface area contributed by atoms with Crippen LogP contribution in [-0.2, 0) is 4.74 Å². The summed E-state index contributed by atoms with van der Waals surface area (Å²) in [5.41, 5.74) is 1.95. The zero-order valence-electron chi connectivity index (χ0n) is 11.9. The van der Waals surface area contributed by atoms with Gasteiger partial charge in [-0.25, -0.2) is 0 Å². The number of amidine groups is 1. The summed E-state index contributed by atoms with van der Waals surface area (Å²) in [5.74, 6) is 0. The minimum absolute atomic E-state index is 0.198. The van der Waals surface area contributed by atoms with E-state index < -0.39 is 0 Å². The smallest absolute Gasteiger partial charge is 0.297 e. The standard InChI is InChI=1S/C18H18N2O/c1-2-16-13-14-21-18(19-15-9-5-3-6-10-15)20(16)17-11-7-4-8-12-17/h2-12,16H,1,13-14H2.